The van der Waals surface area contributed by atoms with Gasteiger partial charge < -0.3 is 15.1 Å². The molecule has 0 aliphatic carbocycles. The van der Waals surface area contributed by atoms with Crippen LogP contribution < -0.4 is 0 Å². The number of rotatable bonds is 0. The molecule has 0 heterocycles. The second kappa shape index (κ2) is 49.9. The number of nitrogens with one attached hydrogen (secondary N) is 3. The highest BCUT2D eigenvalue weighted by atomic mass is 16.5. The summed E-state index contributed by atoms with van der Waals surface area (Å²) in [6.07, 6.45) is 2.25. The molecule has 0 aromatic rings. The van der Waals surface area contributed by atoms with E-state index < -0.39 is 7.32 Å². The third-order valence-electron chi connectivity index (χ3n) is 0. The van der Waals surface area contributed by atoms with Crippen molar-refractivity contribution >= 4 is 25.6 Å². The van der Waals surface area contributed by atoms with Crippen molar-refractivity contribution in [3.63, 3.8) is 0 Å². The van der Waals surface area contributed by atoms with E-state index in [0.29, 0.717) is 0 Å². The van der Waals surface area contributed by atoms with Crippen LogP contribution in [0, 0.1) is 16.2 Å². The van der Waals surface area contributed by atoms with Crippen molar-refractivity contribution in [3.8, 4) is 0 Å². The Labute approximate surface area is 72.3 Å². The van der Waals surface area contributed by atoms with Crippen molar-refractivity contribution in [3.05, 3.63) is 0 Å². The van der Waals surface area contributed by atoms with Crippen LogP contribution in [0.3, 0.4) is 0 Å². The highest BCUT2D eigenvalue weighted by Crippen LogP contribution is 1.40. The summed E-state index contributed by atoms with van der Waals surface area (Å²) in [4.78, 5) is 25.0. The molecule has 0 fully saturated rings. The summed E-state index contributed by atoms with van der Waals surface area (Å²) >= 11 is 0. The standard InChI is InChI=1S/3CHNO.BH3O3/c3*2-1-3;2-1(3)4/h3*2H;2-4H. The fraction of sp³-hybridized carbons (Fsp3) is 0. The minimum atomic E-state index is -2.17. The molecule has 0 saturated heterocycles. The number of carbonyl (C=O) groups excluding carboxylic acids is 3. The maximum atomic E-state index is 8.35. The fourth-order valence-corrected chi connectivity index (χ4v) is 0. The van der Waals surface area contributed by atoms with Gasteiger partial charge in [-0.3, -0.25) is 0 Å². The Morgan fingerprint density at radius 3 is 0.769 bits per heavy atom. The molecule has 6 N–H and O–H groups in total. The van der Waals surface area contributed by atoms with Gasteiger partial charge >= 0.3 is 7.32 Å². The van der Waals surface area contributed by atoms with E-state index in [1.54, 1.807) is 0 Å². The molecule has 13 heavy (non-hydrogen) atoms. The van der Waals surface area contributed by atoms with Gasteiger partial charge in [0.1, 0.15) is 0 Å². The lowest BCUT2D eigenvalue weighted by atomic mass is 10.3. The van der Waals surface area contributed by atoms with Crippen LogP contribution in [0.5, 0.6) is 0 Å². The van der Waals surface area contributed by atoms with Crippen LogP contribution in [0.2, 0.25) is 0 Å². The van der Waals surface area contributed by atoms with E-state index in [-0.39, 0.29) is 0 Å². The molecular formula is C3H6BN3O6. The third kappa shape index (κ3) is 180. The largest absolute Gasteiger partial charge is 0.631 e. The first kappa shape index (κ1) is 22.5. The van der Waals surface area contributed by atoms with Crippen LogP contribution in [-0.4, -0.2) is 40.6 Å². The molecule has 0 unspecified atom stereocenters. The molecule has 0 saturated carbocycles. The van der Waals surface area contributed by atoms with Gasteiger partial charge in [-0.25, -0.2) is 30.6 Å². The first-order chi connectivity index (χ1) is 5.97. The second-order valence-corrected chi connectivity index (χ2v) is 0.653. The second-order valence-electron chi connectivity index (χ2n) is 0.653. The molecule has 72 valence electrons. The summed E-state index contributed by atoms with van der Waals surface area (Å²) in [5.74, 6) is 0. The molecule has 9 nitrogen and oxygen atoms in total. The van der Waals surface area contributed by atoms with Crippen LogP contribution in [0.1, 0.15) is 0 Å². The van der Waals surface area contributed by atoms with E-state index >= 15 is 0 Å². The monoisotopic (exact) mass is 191 g/mol. The first-order valence-corrected chi connectivity index (χ1v) is 2.14. The van der Waals surface area contributed by atoms with Gasteiger partial charge in [-0.2, -0.15) is 0 Å². The van der Waals surface area contributed by atoms with Crippen LogP contribution in [0.4, 0.5) is 0 Å². The summed E-state index contributed by atoms with van der Waals surface area (Å²) in [5.41, 5.74) is 0. The summed E-state index contributed by atoms with van der Waals surface area (Å²) < 4.78 is 0. The Kier molecular flexibility index (Phi) is 86.2. The molecule has 0 aliphatic rings. The minimum Gasteiger partial charge on any atom is -0.402 e. The van der Waals surface area contributed by atoms with Crippen LogP contribution in [0.25, 0.3) is 0 Å². The lowest BCUT2D eigenvalue weighted by molar-refractivity contribution is 0.278. The zero-order valence-electron chi connectivity index (χ0n) is 6.14. The summed E-state index contributed by atoms with van der Waals surface area (Å²) in [6, 6.07) is 0. The van der Waals surface area contributed by atoms with Crippen molar-refractivity contribution < 1.29 is 29.5 Å². The van der Waals surface area contributed by atoms with Crippen molar-refractivity contribution in [2.75, 3.05) is 0 Å². The van der Waals surface area contributed by atoms with Crippen molar-refractivity contribution in [2.24, 2.45) is 0 Å². The zero-order valence-corrected chi connectivity index (χ0v) is 6.14. The highest BCUT2D eigenvalue weighted by molar-refractivity contribution is 6.30. The number of hydrogen-bond donors (Lipinski definition) is 6. The van der Waals surface area contributed by atoms with Gasteiger partial charge in [-0.1, -0.05) is 0 Å². The van der Waals surface area contributed by atoms with Gasteiger partial charge in [-0.15, -0.1) is 0 Å². The minimum absolute atomic E-state index is 0.750. The quantitative estimate of drug-likeness (QED) is 0.141. The predicted molar refractivity (Wildman–Crippen MR) is 37.7 cm³/mol. The molecular weight excluding hydrogens is 185 g/mol. The normalized spacial score (nSPS) is 3.92. The number of isocyanates is 3. The van der Waals surface area contributed by atoms with Gasteiger partial charge in [0.25, 0.3) is 0 Å². The molecule has 0 amide bonds. The fourth-order valence-electron chi connectivity index (χ4n) is 0. The lowest BCUT2D eigenvalue weighted by Crippen LogP contribution is -2.07. The van der Waals surface area contributed by atoms with Crippen LogP contribution in [-0.2, 0) is 14.4 Å². The van der Waals surface area contributed by atoms with Gasteiger partial charge in [0.2, 0.25) is 18.2 Å². The van der Waals surface area contributed by atoms with Gasteiger partial charge in [0.05, 0.1) is 0 Å². The van der Waals surface area contributed by atoms with Crippen LogP contribution in [0.15, 0.2) is 0 Å². The maximum absolute atomic E-state index is 8.35. The van der Waals surface area contributed by atoms with Crippen LogP contribution >= 0.6 is 0 Å². The van der Waals surface area contributed by atoms with E-state index in [9.17, 15) is 0 Å². The zero-order chi connectivity index (χ0) is 11.7. The third-order valence-corrected chi connectivity index (χ3v) is 0. The Hall–Kier alpha value is -1.92. The molecule has 0 atom stereocenters. The first-order valence-electron chi connectivity index (χ1n) is 2.14. The SMILES string of the molecule is N=C=O.N=C=O.N=C=O.OB(O)O. The van der Waals surface area contributed by atoms with E-state index in [2.05, 4.69) is 0 Å². The molecule has 0 spiro atoms. The van der Waals surface area contributed by atoms with Crippen molar-refractivity contribution in [1.29, 1.82) is 16.2 Å². The molecule has 0 bridgehead atoms. The summed E-state index contributed by atoms with van der Waals surface area (Å²) in [5, 5.41) is 37.7. The Morgan fingerprint density at radius 2 is 0.769 bits per heavy atom. The van der Waals surface area contributed by atoms with E-state index in [1.807, 2.05) is 0 Å². The van der Waals surface area contributed by atoms with E-state index in [1.165, 1.54) is 0 Å². The summed E-state index contributed by atoms with van der Waals surface area (Å²) in [6.45, 7) is 0. The molecule has 0 aliphatic heterocycles. The summed E-state index contributed by atoms with van der Waals surface area (Å²) in [7, 11) is -2.17. The highest BCUT2D eigenvalue weighted by Gasteiger charge is 1.92. The predicted octanol–water partition coefficient (Wildman–Crippen LogP) is -2.35. The van der Waals surface area contributed by atoms with E-state index in [0.717, 1.165) is 18.2 Å². The molecule has 0 aromatic carbocycles. The molecule has 10 heteroatoms. The lowest BCUT2D eigenvalue weighted by Gasteiger charge is -1.69. The van der Waals surface area contributed by atoms with Crippen molar-refractivity contribution in [2.45, 2.75) is 0 Å². The van der Waals surface area contributed by atoms with Gasteiger partial charge in [0, 0.05) is 0 Å². The van der Waals surface area contributed by atoms with Gasteiger partial charge in [-0.05, 0) is 0 Å². The molecule has 0 aromatic heterocycles. The Bertz CT molecular complexity index is 144. The average molecular weight is 191 g/mol. The molecule has 0 radical (unpaired) electrons. The Balaban J connectivity index is -0.0000000420. The van der Waals surface area contributed by atoms with Crippen molar-refractivity contribution in [1.82, 2.24) is 0 Å². The average Bonchev–Trinajstić information content (AvgIpc) is 1.88. The van der Waals surface area contributed by atoms with E-state index in [4.69, 9.17) is 45.7 Å². The maximum Gasteiger partial charge on any atom is 0.631 e. The Morgan fingerprint density at radius 1 is 0.769 bits per heavy atom. The topological polar surface area (TPSA) is 183 Å². The smallest absolute Gasteiger partial charge is 0.402 e. The molecule has 0 rings (SSSR count). The van der Waals surface area contributed by atoms with Gasteiger partial charge in [0.15, 0.2) is 0 Å². The number of hydrogen-bond acceptors (Lipinski definition) is 9.